The number of alkyl halides is 3. The molecule has 0 radical (unpaired) electrons. The van der Waals surface area contributed by atoms with Crippen LogP contribution in [0.5, 0.6) is 11.5 Å². The number of aryl methyl sites for hydroxylation is 1. The largest absolute Gasteiger partial charge is 0.471 e. The summed E-state index contributed by atoms with van der Waals surface area (Å²) < 4.78 is 160. The van der Waals surface area contributed by atoms with Crippen molar-refractivity contribution in [3.8, 4) is 11.5 Å². The number of halogens is 7. The Morgan fingerprint density at radius 1 is 0.870 bits per heavy atom. The smallest absolute Gasteiger partial charge is 0.451 e. The maximum absolute atomic E-state index is 15.5. The molecule has 69 heavy (non-hydrogen) atoms. The molecule has 3 N–H and O–H groups in total. The first kappa shape index (κ1) is 58.4. The number of fused-ring (bicyclic) bond motifs is 5. The number of nitrogens with zero attached hydrogens (tertiary/aromatic N) is 1. The quantitative estimate of drug-likeness (QED) is 0.0232. The second-order valence-corrected chi connectivity index (χ2v) is 24.2. The minimum atomic E-state index is -4.75. The Bertz CT molecular complexity index is 2060. The molecule has 0 bridgehead atoms. The predicted molar refractivity (Wildman–Crippen MR) is 248 cm³/mol. The molecule has 0 aliphatic heterocycles. The molecule has 0 spiro atoms. The fourth-order valence-corrected chi connectivity index (χ4v) is 12.6. The lowest BCUT2D eigenvalue weighted by molar-refractivity contribution is -0.264. The summed E-state index contributed by atoms with van der Waals surface area (Å²) in [7, 11) is -3.36. The van der Waals surface area contributed by atoms with Gasteiger partial charge in [-0.15, -0.1) is 0 Å². The summed E-state index contributed by atoms with van der Waals surface area (Å²) in [5.41, 5.74) is -0.959. The minimum Gasteiger partial charge on any atom is -0.451 e. The molecule has 5 rings (SSSR count). The number of hydrogen-bond donors (Lipinski definition) is 3. The molecule has 13 nitrogen and oxygen atoms in total. The zero-order valence-electron chi connectivity index (χ0n) is 39.6. The zero-order chi connectivity index (χ0) is 50.8. The fraction of sp³-hybridized carbons (Fsp3) is 0.733. The minimum absolute atomic E-state index is 0.00509. The van der Waals surface area contributed by atoms with Crippen molar-refractivity contribution in [3.63, 3.8) is 0 Å². The summed E-state index contributed by atoms with van der Waals surface area (Å²) in [5.74, 6) is -5.65. The average Bonchev–Trinajstić information content (AvgIpc) is 3.63. The number of ether oxygens (including phenoxy) is 4. The Hall–Kier alpha value is -1.49. The third-order valence-corrected chi connectivity index (χ3v) is 17.4. The Morgan fingerprint density at radius 2 is 1.57 bits per heavy atom. The van der Waals surface area contributed by atoms with Crippen LogP contribution in [0.3, 0.4) is 0 Å². The highest BCUT2D eigenvalue weighted by Crippen LogP contribution is 2.62. The lowest BCUT2D eigenvalue weighted by Gasteiger charge is -2.50. The lowest BCUT2D eigenvalue weighted by Crippen LogP contribution is -2.45. The summed E-state index contributed by atoms with van der Waals surface area (Å²) in [6, 6.07) is 5.16. The van der Waals surface area contributed by atoms with Gasteiger partial charge >= 0.3 is 21.8 Å². The maximum atomic E-state index is 15.5. The summed E-state index contributed by atoms with van der Waals surface area (Å²) in [6.07, 6.45) is 2.47. The number of hydrogen-bond acceptors (Lipinski definition) is 12. The van der Waals surface area contributed by atoms with E-state index in [2.05, 4.69) is 16.0 Å². The van der Waals surface area contributed by atoms with Crippen molar-refractivity contribution in [1.29, 1.82) is 0 Å². The Morgan fingerprint density at radius 3 is 2.25 bits per heavy atom. The second kappa shape index (κ2) is 25.6. The average molecular weight is 1070 g/mol. The van der Waals surface area contributed by atoms with Crippen molar-refractivity contribution in [2.24, 2.45) is 23.2 Å². The fourth-order valence-electron chi connectivity index (χ4n) is 9.74. The van der Waals surface area contributed by atoms with Crippen LogP contribution in [0, 0.1) is 46.4 Å². The maximum Gasteiger partial charge on any atom is 0.471 e. The van der Waals surface area contributed by atoms with E-state index in [-0.39, 0.29) is 42.9 Å². The van der Waals surface area contributed by atoms with E-state index in [1.54, 1.807) is 34.9 Å². The van der Waals surface area contributed by atoms with Gasteiger partial charge in [-0.05, 0) is 138 Å². The highest BCUT2D eigenvalue weighted by Gasteiger charge is 2.55. The number of rotatable bonds is 29. The highest BCUT2D eigenvalue weighted by molar-refractivity contribution is 8.76. The molecule has 0 aromatic heterocycles. The van der Waals surface area contributed by atoms with Crippen LogP contribution in [-0.2, 0) is 49.9 Å². The number of phosphoric ester groups is 2. The van der Waals surface area contributed by atoms with Gasteiger partial charge in [-0.3, -0.25) is 13.6 Å². The third kappa shape index (κ3) is 16.3. The number of phosphoric acid groups is 2. The Labute approximate surface area is 407 Å². The zero-order valence-corrected chi connectivity index (χ0v) is 43.0. The van der Waals surface area contributed by atoms with E-state index in [1.165, 1.54) is 10.8 Å². The molecule has 2 saturated carbocycles. The number of benzene rings is 2. The van der Waals surface area contributed by atoms with Gasteiger partial charge in [0.25, 0.3) is 0 Å². The molecule has 3 aliphatic carbocycles. The van der Waals surface area contributed by atoms with Crippen LogP contribution in [0.1, 0.15) is 101 Å². The first-order chi connectivity index (χ1) is 32.4. The summed E-state index contributed by atoms with van der Waals surface area (Å²) in [6.45, 7) is 4.53. The molecule has 3 aliphatic rings. The SMILES string of the molecule is COP(=O)(O)OCC(CCCOCCSSCCCN(C)Cc1c(F)c(F)c(Oc2ccc3c(c2)CCC2C3CCC3(C)C(OCCCOC(C)(C)C(F)(F)F)CCC23)c(F)c1F)COP(=O)(O)O. The monoisotopic (exact) mass is 1070 g/mol. The van der Waals surface area contributed by atoms with Gasteiger partial charge in [0.15, 0.2) is 17.2 Å². The molecule has 24 heteroatoms. The summed E-state index contributed by atoms with van der Waals surface area (Å²) in [4.78, 5) is 29.0. The van der Waals surface area contributed by atoms with E-state index in [0.717, 1.165) is 64.2 Å². The molecule has 7 atom stereocenters. The molecule has 2 aromatic carbocycles. The van der Waals surface area contributed by atoms with E-state index >= 15 is 17.6 Å². The van der Waals surface area contributed by atoms with Gasteiger partial charge in [0.2, 0.25) is 17.4 Å². The second-order valence-electron chi connectivity index (χ2n) is 18.7. The third-order valence-electron chi connectivity index (χ3n) is 13.6. The first-order valence-corrected chi connectivity index (χ1v) is 28.6. The molecule has 7 unspecified atom stereocenters. The van der Waals surface area contributed by atoms with Gasteiger partial charge in [-0.2, -0.15) is 22.0 Å². The van der Waals surface area contributed by atoms with Crippen molar-refractivity contribution >= 4 is 37.2 Å². The van der Waals surface area contributed by atoms with E-state index < -0.39 is 74.5 Å². The Balaban J connectivity index is 1.02. The van der Waals surface area contributed by atoms with Crippen LogP contribution in [0.15, 0.2) is 18.2 Å². The van der Waals surface area contributed by atoms with Crippen molar-refractivity contribution in [3.05, 3.63) is 58.2 Å². The Kier molecular flexibility index (Phi) is 21.7. The van der Waals surface area contributed by atoms with Gasteiger partial charge in [0.05, 0.1) is 25.9 Å². The van der Waals surface area contributed by atoms with Gasteiger partial charge in [-0.1, -0.05) is 34.6 Å². The van der Waals surface area contributed by atoms with Crippen molar-refractivity contribution in [1.82, 2.24) is 4.90 Å². The van der Waals surface area contributed by atoms with Crippen LogP contribution in [0.4, 0.5) is 30.7 Å². The topological polar surface area (TPSA) is 163 Å². The van der Waals surface area contributed by atoms with Gasteiger partial charge in [0.1, 0.15) is 5.75 Å². The van der Waals surface area contributed by atoms with Crippen LogP contribution in [0.2, 0.25) is 0 Å². The first-order valence-electron chi connectivity index (χ1n) is 23.1. The molecular formula is C45H66F7NO12P2S2. The van der Waals surface area contributed by atoms with E-state index in [1.807, 2.05) is 6.07 Å². The van der Waals surface area contributed by atoms with Crippen LogP contribution < -0.4 is 4.74 Å². The van der Waals surface area contributed by atoms with E-state index in [9.17, 15) is 27.2 Å². The summed E-state index contributed by atoms with van der Waals surface area (Å²) in [5, 5.41) is 0. The van der Waals surface area contributed by atoms with Crippen molar-refractivity contribution in [2.75, 3.05) is 71.8 Å². The summed E-state index contributed by atoms with van der Waals surface area (Å²) >= 11 is 0. The molecule has 0 saturated heterocycles. The highest BCUT2D eigenvalue weighted by atomic mass is 33.1. The molecule has 2 fully saturated rings. The van der Waals surface area contributed by atoms with Gasteiger partial charge < -0.3 is 38.5 Å². The van der Waals surface area contributed by atoms with E-state index in [4.69, 9.17) is 33.3 Å². The molecule has 2 aromatic rings. The normalized spacial score (nSPS) is 23.1. The molecule has 0 amide bonds. The van der Waals surface area contributed by atoms with Crippen LogP contribution in [0.25, 0.3) is 0 Å². The molecule has 394 valence electrons. The van der Waals surface area contributed by atoms with Gasteiger partial charge in [0, 0.05) is 56.5 Å². The van der Waals surface area contributed by atoms with Crippen LogP contribution in [-0.4, -0.2) is 109 Å². The predicted octanol–water partition coefficient (Wildman–Crippen LogP) is 11.5. The lowest BCUT2D eigenvalue weighted by atomic mass is 9.55. The molecule has 0 heterocycles. The van der Waals surface area contributed by atoms with Gasteiger partial charge in [-0.25, -0.2) is 17.9 Å². The van der Waals surface area contributed by atoms with E-state index in [0.29, 0.717) is 81.8 Å². The van der Waals surface area contributed by atoms with Crippen LogP contribution >= 0.6 is 37.2 Å². The van der Waals surface area contributed by atoms with Crippen molar-refractivity contribution in [2.45, 2.75) is 115 Å². The van der Waals surface area contributed by atoms with Crippen molar-refractivity contribution < 1.29 is 87.1 Å². The molecular weight excluding hydrogens is 1010 g/mol. The standard InChI is InChI=1S/C45H66F7NO12P2S2/c1-43(2,45(50,51)52)62-21-8-20-61-37-15-14-36-34-12-10-30-25-31(11-13-32(30)33(34)16-17-44(36,37)3)65-42-40(48)38(46)35(39(47)41(42)49)26-53(4)18-7-23-68-69-24-22-60-19-6-9-29(27-63-66(54,55)56)28-64-67(57,58)59-5/h11,13,25,29,33-34,36-37H,6-10,12,14-24,26-28H2,1-5H3,(H,57,58)(H2,54,55,56).